The number of hydrogen-bond acceptors (Lipinski definition) is 6. The fraction of sp³-hybridized carbons (Fsp3) is 0.345. The van der Waals surface area contributed by atoms with Gasteiger partial charge in [-0.3, -0.25) is 4.72 Å². The molecule has 13 heteroatoms. The van der Waals surface area contributed by atoms with Crippen LogP contribution in [0.25, 0.3) is 0 Å². The molecule has 0 unspecified atom stereocenters. The molecule has 0 atom stereocenters. The van der Waals surface area contributed by atoms with Gasteiger partial charge in [0.1, 0.15) is 0 Å². The van der Waals surface area contributed by atoms with E-state index in [4.69, 9.17) is 9.90 Å². The van der Waals surface area contributed by atoms with Crippen LogP contribution in [0.15, 0.2) is 59.6 Å². The predicted octanol–water partition coefficient (Wildman–Crippen LogP) is 5.60. The Hall–Kier alpha value is -4.13. The van der Waals surface area contributed by atoms with Crippen molar-refractivity contribution in [2.45, 2.75) is 51.1 Å². The highest BCUT2D eigenvalue weighted by Crippen LogP contribution is 2.32. The summed E-state index contributed by atoms with van der Waals surface area (Å²) in [5, 5.41) is 16.6. The van der Waals surface area contributed by atoms with Crippen molar-refractivity contribution in [3.8, 4) is 0 Å². The van der Waals surface area contributed by atoms with Gasteiger partial charge in [0, 0.05) is 19.3 Å². The maximum atomic E-state index is 13.4. The number of rotatable bonds is 7. The van der Waals surface area contributed by atoms with Crippen molar-refractivity contribution in [2.24, 2.45) is 5.92 Å². The summed E-state index contributed by atoms with van der Waals surface area (Å²) in [6.07, 6.45) is -0.905. The second kappa shape index (κ2) is 13.2. The van der Waals surface area contributed by atoms with E-state index in [0.717, 1.165) is 30.4 Å². The zero-order valence-electron chi connectivity index (χ0n) is 23.3. The normalized spacial score (nSPS) is 14.1. The molecule has 0 amide bonds. The van der Waals surface area contributed by atoms with E-state index in [1.165, 1.54) is 17.8 Å². The highest BCUT2D eigenvalue weighted by molar-refractivity contribution is 7.92. The van der Waals surface area contributed by atoms with Gasteiger partial charge < -0.3 is 15.1 Å². The lowest BCUT2D eigenvalue weighted by Gasteiger charge is -2.34. The van der Waals surface area contributed by atoms with Gasteiger partial charge in [-0.2, -0.15) is 13.2 Å². The molecule has 2 heterocycles. The first-order chi connectivity index (χ1) is 19.6. The van der Waals surface area contributed by atoms with Crippen molar-refractivity contribution in [3.05, 3.63) is 82.5 Å². The fourth-order valence-electron chi connectivity index (χ4n) is 4.62. The number of sulfonamides is 1. The Bertz CT molecular complexity index is 1540. The number of aryl methyl sites for hydroxylation is 3. The Labute approximate surface area is 242 Å². The maximum absolute atomic E-state index is 13.4. The Balaban J connectivity index is 0.000000616. The van der Waals surface area contributed by atoms with E-state index in [-0.39, 0.29) is 16.1 Å². The molecule has 1 aliphatic heterocycles. The van der Waals surface area contributed by atoms with E-state index in [1.807, 2.05) is 43.0 Å². The van der Waals surface area contributed by atoms with Crippen molar-refractivity contribution >= 4 is 33.5 Å². The lowest BCUT2D eigenvalue weighted by molar-refractivity contribution is -0.192. The van der Waals surface area contributed by atoms with Crippen LogP contribution in [-0.4, -0.2) is 54.8 Å². The average Bonchev–Trinajstić information content (AvgIpc) is 2.91. The molecular weight excluding hydrogens is 575 g/mol. The molecule has 1 saturated heterocycles. The number of piperidine rings is 1. The van der Waals surface area contributed by atoms with Gasteiger partial charge in [0.15, 0.2) is 5.82 Å². The second-order valence-electron chi connectivity index (χ2n) is 10.1. The molecule has 1 aliphatic rings. The van der Waals surface area contributed by atoms with Crippen LogP contribution in [0.1, 0.15) is 45.5 Å². The quantitative estimate of drug-likeness (QED) is 0.316. The molecule has 0 radical (unpaired) electrons. The molecule has 3 aromatic rings. The van der Waals surface area contributed by atoms with Crippen molar-refractivity contribution in [2.75, 3.05) is 22.7 Å². The molecule has 1 fully saturated rings. The van der Waals surface area contributed by atoms with E-state index in [1.54, 1.807) is 13.0 Å². The summed E-state index contributed by atoms with van der Waals surface area (Å²) in [4.78, 5) is 27.1. The first-order valence-electron chi connectivity index (χ1n) is 13.0. The molecule has 3 N–H and O–H groups in total. The van der Waals surface area contributed by atoms with Crippen LogP contribution in [0.5, 0.6) is 0 Å². The number of benzene rings is 2. The van der Waals surface area contributed by atoms with Gasteiger partial charge >= 0.3 is 18.1 Å². The van der Waals surface area contributed by atoms with Crippen LogP contribution < -0.4 is 9.62 Å². The van der Waals surface area contributed by atoms with Crippen molar-refractivity contribution in [1.82, 2.24) is 4.98 Å². The summed E-state index contributed by atoms with van der Waals surface area (Å²) in [6, 6.07) is 15.2. The number of aliphatic carboxylic acids is 1. The summed E-state index contributed by atoms with van der Waals surface area (Å²) in [6.45, 7) is 6.99. The van der Waals surface area contributed by atoms with E-state index < -0.39 is 28.1 Å². The zero-order chi connectivity index (χ0) is 31.2. The molecule has 2 aromatic carbocycles. The first kappa shape index (κ1) is 32.4. The second-order valence-corrected chi connectivity index (χ2v) is 11.8. The van der Waals surface area contributed by atoms with Gasteiger partial charge in [0.05, 0.1) is 16.1 Å². The van der Waals surface area contributed by atoms with E-state index in [9.17, 15) is 31.5 Å². The van der Waals surface area contributed by atoms with Crippen LogP contribution in [0, 0.1) is 26.7 Å². The first-order valence-corrected chi connectivity index (χ1v) is 14.5. The van der Waals surface area contributed by atoms with E-state index >= 15 is 0 Å². The molecule has 42 heavy (non-hydrogen) atoms. The third-order valence-electron chi connectivity index (χ3n) is 6.96. The van der Waals surface area contributed by atoms with Gasteiger partial charge in [0.2, 0.25) is 0 Å². The number of alkyl halides is 3. The Morgan fingerprint density at radius 2 is 1.55 bits per heavy atom. The molecule has 4 rings (SSSR count). The number of carboxylic acid groups (broad SMARTS) is 2. The average molecular weight is 608 g/mol. The topological polar surface area (TPSA) is 137 Å². The molecule has 0 bridgehead atoms. The van der Waals surface area contributed by atoms with Crippen molar-refractivity contribution < 1.29 is 41.4 Å². The SMILES string of the molecule is Cc1cc(C)c(S(=O)(=O)Nc2cc(C(=O)O)cnc2N2CCC(Cc3ccccc3)CC2)cc1C.O=C(O)C(F)(F)F. The van der Waals surface area contributed by atoms with Crippen LogP contribution in [-0.2, 0) is 21.2 Å². The van der Waals surface area contributed by atoms with Crippen LogP contribution in [0.3, 0.4) is 0 Å². The van der Waals surface area contributed by atoms with Gasteiger partial charge in [-0.25, -0.2) is 23.0 Å². The molecule has 9 nitrogen and oxygen atoms in total. The molecular formula is C29H32F3N3O6S. The Kier molecular flexibility index (Phi) is 10.2. The number of nitrogens with zero attached hydrogens (tertiary/aromatic N) is 2. The summed E-state index contributed by atoms with van der Waals surface area (Å²) >= 11 is 0. The predicted molar refractivity (Wildman–Crippen MR) is 151 cm³/mol. The minimum Gasteiger partial charge on any atom is -0.478 e. The highest BCUT2D eigenvalue weighted by Gasteiger charge is 2.38. The van der Waals surface area contributed by atoms with Crippen molar-refractivity contribution in [3.63, 3.8) is 0 Å². The number of carbonyl (C=O) groups is 2. The number of halogens is 3. The summed E-state index contributed by atoms with van der Waals surface area (Å²) in [5.41, 5.74) is 3.94. The Morgan fingerprint density at radius 3 is 2.10 bits per heavy atom. The maximum Gasteiger partial charge on any atom is 0.490 e. The summed E-state index contributed by atoms with van der Waals surface area (Å²) in [5.74, 6) is -2.93. The van der Waals surface area contributed by atoms with Crippen LogP contribution in [0.2, 0.25) is 0 Å². The molecule has 0 aliphatic carbocycles. The number of carboxylic acids is 2. The van der Waals surface area contributed by atoms with Gasteiger partial charge in [-0.05, 0) is 80.3 Å². The van der Waals surface area contributed by atoms with Gasteiger partial charge in [0.25, 0.3) is 10.0 Å². The summed E-state index contributed by atoms with van der Waals surface area (Å²) in [7, 11) is -3.95. The lowest BCUT2D eigenvalue weighted by atomic mass is 9.90. The highest BCUT2D eigenvalue weighted by atomic mass is 32.2. The fourth-order valence-corrected chi connectivity index (χ4v) is 5.99. The minimum atomic E-state index is -5.08. The van der Waals surface area contributed by atoms with Gasteiger partial charge in [-0.1, -0.05) is 36.4 Å². The number of pyridine rings is 1. The van der Waals surface area contributed by atoms with Crippen molar-refractivity contribution in [1.29, 1.82) is 0 Å². The molecule has 226 valence electrons. The third kappa shape index (κ3) is 8.44. The smallest absolute Gasteiger partial charge is 0.478 e. The Morgan fingerprint density at radius 1 is 0.976 bits per heavy atom. The molecule has 0 saturated carbocycles. The number of aromatic carboxylic acids is 1. The number of anilines is 2. The lowest BCUT2D eigenvalue weighted by Crippen LogP contribution is -2.35. The number of aromatic nitrogens is 1. The molecule has 0 spiro atoms. The van der Waals surface area contributed by atoms with E-state index in [2.05, 4.69) is 21.8 Å². The monoisotopic (exact) mass is 607 g/mol. The summed E-state index contributed by atoms with van der Waals surface area (Å²) < 4.78 is 61.1. The standard InChI is InChI=1S/C27H31N3O4S.C2HF3O2/c1-18-13-20(3)25(14-19(18)2)35(33,34)29-24-16-23(27(31)32)17-28-26(24)30-11-9-22(10-12-30)15-21-7-5-4-6-8-21;3-2(4,5)1(6)7/h4-8,13-14,16-17,22,29H,9-12,15H2,1-3H3,(H,31,32);(H,6,7). The van der Waals surface area contributed by atoms with Crippen LogP contribution >= 0.6 is 0 Å². The number of nitrogens with one attached hydrogen (secondary N) is 1. The largest absolute Gasteiger partial charge is 0.490 e. The molecule has 1 aromatic heterocycles. The minimum absolute atomic E-state index is 0.0674. The third-order valence-corrected chi connectivity index (χ3v) is 8.47. The number of hydrogen-bond donors (Lipinski definition) is 3. The van der Waals surface area contributed by atoms with Crippen LogP contribution in [0.4, 0.5) is 24.7 Å². The van der Waals surface area contributed by atoms with Gasteiger partial charge in [-0.15, -0.1) is 0 Å². The van der Waals surface area contributed by atoms with E-state index in [0.29, 0.717) is 30.4 Å². The zero-order valence-corrected chi connectivity index (χ0v) is 24.1.